The molecule has 252 valence electrons. The Morgan fingerprint density at radius 1 is 0.604 bits per heavy atom. The zero-order valence-electron chi connectivity index (χ0n) is 29.8. The molecule has 5 heteroatoms. The van der Waals surface area contributed by atoms with E-state index in [-0.39, 0.29) is 24.8 Å². The molecule has 0 fully saturated rings. The van der Waals surface area contributed by atoms with Gasteiger partial charge in [0.05, 0.1) is 0 Å². The summed E-state index contributed by atoms with van der Waals surface area (Å²) in [6.07, 6.45) is 10.0. The van der Waals surface area contributed by atoms with Gasteiger partial charge in [-0.2, -0.15) is 6.08 Å². The zero-order chi connectivity index (χ0) is 33.2. The first-order valence-corrected chi connectivity index (χ1v) is 17.9. The molecule has 0 saturated carbocycles. The maximum absolute atomic E-state index is 2.99. The number of halogens is 2. The van der Waals surface area contributed by atoms with Crippen molar-refractivity contribution in [3.05, 3.63) is 139 Å². The average Bonchev–Trinajstić information content (AvgIpc) is 3.73. The van der Waals surface area contributed by atoms with Crippen LogP contribution < -0.4 is 9.80 Å². The van der Waals surface area contributed by atoms with E-state index in [1.165, 1.54) is 71.5 Å². The number of rotatable bonds is 8. The van der Waals surface area contributed by atoms with Crippen LogP contribution in [0.15, 0.2) is 121 Å². The Hall–Kier alpha value is -2.84. The van der Waals surface area contributed by atoms with Gasteiger partial charge in [-0.05, 0) is 55.4 Å². The van der Waals surface area contributed by atoms with Gasteiger partial charge in [-0.1, -0.05) is 36.4 Å². The Morgan fingerprint density at radius 3 is 1.29 bits per heavy atom. The third-order valence-electron chi connectivity index (χ3n) is 8.20. The molecule has 0 aliphatic heterocycles. The monoisotopic (exact) mass is 756 g/mol. The van der Waals surface area contributed by atoms with Crippen molar-refractivity contribution in [1.82, 2.24) is 0 Å². The van der Waals surface area contributed by atoms with Crippen molar-refractivity contribution in [2.75, 3.05) is 9.80 Å². The molecule has 0 aromatic heterocycles. The van der Waals surface area contributed by atoms with Crippen LogP contribution in [0.3, 0.4) is 0 Å². The molecule has 0 N–H and O–H groups in total. The molecule has 0 atom stereocenters. The molecule has 1 aliphatic carbocycles. The van der Waals surface area contributed by atoms with Gasteiger partial charge in [-0.25, -0.2) is 12.2 Å². The SMILES string of the molecule is CC(C)N(c1ccc2c(c1)[cH-]c1cc(N(C(C)C)C(C)C)ccc12)C(C)C.Cl.Cl.[C-]1=CC=CC1.[Zr+2]=[C](c1ccccc1)c1ccccc1. The van der Waals surface area contributed by atoms with E-state index >= 15 is 0 Å². The molecule has 5 aromatic carbocycles. The number of hydrogen-bond donors (Lipinski definition) is 0. The molecule has 0 radical (unpaired) electrons. The van der Waals surface area contributed by atoms with E-state index < -0.39 is 0 Å². The van der Waals surface area contributed by atoms with Gasteiger partial charge in [0.2, 0.25) is 0 Å². The van der Waals surface area contributed by atoms with Crippen molar-refractivity contribution in [2.45, 2.75) is 86.0 Å². The minimum absolute atomic E-state index is 0. The van der Waals surface area contributed by atoms with Gasteiger partial charge in [-0.15, -0.1) is 58.8 Å². The fourth-order valence-electron chi connectivity index (χ4n) is 6.42. The molecule has 1 aliphatic rings. The van der Waals surface area contributed by atoms with Crippen LogP contribution in [-0.4, -0.2) is 27.4 Å². The molecule has 48 heavy (non-hydrogen) atoms. The molecular weight excluding hydrogens is 707 g/mol. The second-order valence-electron chi connectivity index (χ2n) is 13.0. The molecule has 0 unspecified atom stereocenters. The van der Waals surface area contributed by atoms with E-state index in [4.69, 9.17) is 0 Å². The molecule has 6 rings (SSSR count). The van der Waals surface area contributed by atoms with E-state index in [9.17, 15) is 0 Å². The number of nitrogens with zero attached hydrogens (tertiary/aromatic N) is 2. The summed E-state index contributed by atoms with van der Waals surface area (Å²) in [4.78, 5) is 4.98. The fraction of sp³-hybridized carbons (Fsp3) is 0.302. The Balaban J connectivity index is 0.000000317. The molecule has 5 aromatic rings. The van der Waals surface area contributed by atoms with E-state index in [0.717, 1.165) is 6.42 Å². The van der Waals surface area contributed by atoms with Crippen LogP contribution in [0.1, 0.15) is 72.9 Å². The third kappa shape index (κ3) is 10.8. The number of hydrogen-bond acceptors (Lipinski definition) is 2. The quantitative estimate of drug-likeness (QED) is 0.145. The van der Waals surface area contributed by atoms with Gasteiger partial charge >= 0.3 is 99.2 Å². The van der Waals surface area contributed by atoms with Gasteiger partial charge < -0.3 is 9.80 Å². The minimum atomic E-state index is 0. The topological polar surface area (TPSA) is 6.48 Å². The van der Waals surface area contributed by atoms with E-state index in [0.29, 0.717) is 24.2 Å². The van der Waals surface area contributed by atoms with Gasteiger partial charge in [-0.3, -0.25) is 6.08 Å². The van der Waals surface area contributed by atoms with Gasteiger partial charge in [0.25, 0.3) is 0 Å². The second-order valence-corrected chi connectivity index (χ2v) is 14.2. The van der Waals surface area contributed by atoms with Crippen molar-refractivity contribution in [3.63, 3.8) is 0 Å². The van der Waals surface area contributed by atoms with Crippen LogP contribution >= 0.6 is 24.8 Å². The van der Waals surface area contributed by atoms with E-state index in [1.807, 2.05) is 12.2 Å². The van der Waals surface area contributed by atoms with Crippen molar-refractivity contribution >= 4 is 60.9 Å². The van der Waals surface area contributed by atoms with Crippen LogP contribution in [0.25, 0.3) is 21.5 Å². The Morgan fingerprint density at radius 2 is 1.00 bits per heavy atom. The summed E-state index contributed by atoms with van der Waals surface area (Å²) in [5, 5.41) is 5.39. The van der Waals surface area contributed by atoms with Crippen molar-refractivity contribution in [1.29, 1.82) is 0 Å². The Kier molecular flexibility index (Phi) is 17.2. The van der Waals surface area contributed by atoms with E-state index in [1.54, 1.807) is 0 Å². The van der Waals surface area contributed by atoms with Crippen LogP contribution in [0.4, 0.5) is 11.4 Å². The molecule has 0 amide bonds. The summed E-state index contributed by atoms with van der Waals surface area (Å²) in [7, 11) is 0. The summed E-state index contributed by atoms with van der Waals surface area (Å²) in [6.45, 7) is 18.1. The maximum atomic E-state index is 2.99. The molecular formula is C43H52Cl2N2Zr. The summed E-state index contributed by atoms with van der Waals surface area (Å²) in [6, 6.07) is 39.3. The van der Waals surface area contributed by atoms with Gasteiger partial charge in [0.15, 0.2) is 0 Å². The summed E-state index contributed by atoms with van der Waals surface area (Å²) >= 11 is 1.46. The first-order chi connectivity index (χ1) is 22.1. The fourth-order valence-corrected chi connectivity index (χ4v) is 7.24. The number of anilines is 2. The zero-order valence-corrected chi connectivity index (χ0v) is 33.9. The molecule has 0 spiro atoms. The molecule has 0 saturated heterocycles. The third-order valence-corrected chi connectivity index (χ3v) is 9.62. The summed E-state index contributed by atoms with van der Waals surface area (Å²) in [5.41, 5.74) is 5.29. The van der Waals surface area contributed by atoms with Crippen molar-refractivity contribution < 1.29 is 24.2 Å². The predicted octanol–water partition coefficient (Wildman–Crippen LogP) is 11.9. The second kappa shape index (κ2) is 20.0. The molecule has 0 heterocycles. The number of allylic oxidation sites excluding steroid dienone is 4. The van der Waals surface area contributed by atoms with E-state index in [2.05, 4.69) is 180 Å². The molecule has 0 bridgehead atoms. The standard InChI is InChI=1S/C25H35N2.C13H10.C5H5.2ClH.Zr/c1-16(2)26(17(3)4)22-9-11-24-20(14-22)13-21-15-23(10-12-25(21)24)27(18(5)6)19(7)8;1-3-7-12(8-4-1)11-13-9-5-2-6-10-13;1-2-4-5-3-1;;;/h9-19H,1-8H3;1-10H;1-3H,4H2;2*1H;/q-1;;-1;;;+2. The van der Waals surface area contributed by atoms with Gasteiger partial charge in [0.1, 0.15) is 0 Å². The first-order valence-electron chi connectivity index (χ1n) is 16.7. The number of benzene rings is 4. The van der Waals surface area contributed by atoms with Gasteiger partial charge in [0, 0.05) is 35.5 Å². The van der Waals surface area contributed by atoms with Crippen LogP contribution in [0.2, 0.25) is 0 Å². The first kappa shape index (κ1) is 41.3. The Bertz CT molecular complexity index is 1610. The van der Waals surface area contributed by atoms with Crippen LogP contribution in [-0.2, 0) is 24.2 Å². The summed E-state index contributed by atoms with van der Waals surface area (Å²) < 4.78 is 1.42. The normalized spacial score (nSPS) is 11.6. The van der Waals surface area contributed by atoms with Crippen molar-refractivity contribution in [2.24, 2.45) is 0 Å². The Labute approximate surface area is 317 Å². The number of fused-ring (bicyclic) bond motifs is 3. The molecule has 2 nitrogen and oxygen atoms in total. The van der Waals surface area contributed by atoms with Crippen LogP contribution in [0, 0.1) is 6.08 Å². The van der Waals surface area contributed by atoms with Crippen molar-refractivity contribution in [3.8, 4) is 0 Å². The summed E-state index contributed by atoms with van der Waals surface area (Å²) in [5.74, 6) is 0. The average molecular weight is 759 g/mol. The predicted molar refractivity (Wildman–Crippen MR) is 215 cm³/mol. The van der Waals surface area contributed by atoms with Crippen LogP contribution in [0.5, 0.6) is 0 Å².